The van der Waals surface area contributed by atoms with E-state index in [9.17, 15) is 0 Å². The lowest BCUT2D eigenvalue weighted by Crippen LogP contribution is -2.12. The van der Waals surface area contributed by atoms with Crippen LogP contribution in [0.2, 0.25) is 0 Å². The van der Waals surface area contributed by atoms with Gasteiger partial charge in [0.25, 0.3) is 0 Å². The minimum absolute atomic E-state index is 0.386. The molecule has 0 unspecified atom stereocenters. The predicted octanol–water partition coefficient (Wildman–Crippen LogP) is 3.99. The van der Waals surface area contributed by atoms with Crippen molar-refractivity contribution in [2.75, 3.05) is 6.26 Å². The molecule has 17 heavy (non-hydrogen) atoms. The summed E-state index contributed by atoms with van der Waals surface area (Å²) in [7, 11) is 0. The zero-order chi connectivity index (χ0) is 12.8. The maximum Gasteiger partial charge on any atom is 0.183 e. The fraction of sp³-hybridized carbons (Fsp3) is 0.333. The maximum absolute atomic E-state index is 8.61. The standard InChI is InChI=1S/C12H14BrN3S/c1-8(2)10-6-9(13)4-5-11(10)16-12(17-3)15-7-14/h4-6,8H,1-3H3,(H,15,16). The Morgan fingerprint density at radius 2 is 2.24 bits per heavy atom. The molecule has 0 heterocycles. The first-order chi connectivity index (χ1) is 8.08. The van der Waals surface area contributed by atoms with Gasteiger partial charge in [-0.05, 0) is 35.9 Å². The summed E-state index contributed by atoms with van der Waals surface area (Å²) in [6.07, 6.45) is 3.77. The van der Waals surface area contributed by atoms with Gasteiger partial charge in [0, 0.05) is 4.47 Å². The number of aliphatic imine (C=N–C) groups is 1. The van der Waals surface area contributed by atoms with Crippen molar-refractivity contribution in [2.24, 2.45) is 4.99 Å². The van der Waals surface area contributed by atoms with E-state index in [-0.39, 0.29) is 0 Å². The average molecular weight is 312 g/mol. The van der Waals surface area contributed by atoms with Gasteiger partial charge in [-0.3, -0.25) is 5.32 Å². The Morgan fingerprint density at radius 1 is 1.53 bits per heavy atom. The third-order valence-electron chi connectivity index (χ3n) is 2.19. The number of nitrogens with one attached hydrogen (secondary N) is 1. The highest BCUT2D eigenvalue weighted by Gasteiger charge is 2.07. The molecule has 0 saturated heterocycles. The van der Waals surface area contributed by atoms with E-state index >= 15 is 0 Å². The van der Waals surface area contributed by atoms with E-state index in [1.165, 1.54) is 11.8 Å². The number of hydrogen-bond donors (Lipinski definition) is 1. The van der Waals surface area contributed by atoms with Crippen molar-refractivity contribution in [3.63, 3.8) is 0 Å². The molecule has 1 rings (SSSR count). The highest BCUT2D eigenvalue weighted by molar-refractivity contribution is 9.10. The molecule has 0 saturated carbocycles. The van der Waals surface area contributed by atoms with E-state index in [4.69, 9.17) is 5.26 Å². The molecule has 0 atom stereocenters. The first kappa shape index (κ1) is 14.1. The zero-order valence-electron chi connectivity index (χ0n) is 9.99. The van der Waals surface area contributed by atoms with Gasteiger partial charge < -0.3 is 0 Å². The van der Waals surface area contributed by atoms with E-state index in [0.29, 0.717) is 11.1 Å². The second-order valence-electron chi connectivity index (χ2n) is 3.72. The Kier molecular flexibility index (Phi) is 5.52. The number of nitrogens with zero attached hydrogens (tertiary/aromatic N) is 2. The van der Waals surface area contributed by atoms with E-state index in [0.717, 1.165) is 15.7 Å². The number of amidine groups is 1. The van der Waals surface area contributed by atoms with Gasteiger partial charge in [-0.2, -0.15) is 5.26 Å². The summed E-state index contributed by atoms with van der Waals surface area (Å²) >= 11 is 4.88. The van der Waals surface area contributed by atoms with Crippen LogP contribution < -0.4 is 5.32 Å². The van der Waals surface area contributed by atoms with Crippen molar-refractivity contribution in [3.8, 4) is 6.19 Å². The summed E-state index contributed by atoms with van der Waals surface area (Å²) in [4.78, 5) is 4.45. The summed E-state index contributed by atoms with van der Waals surface area (Å²) < 4.78 is 1.04. The van der Waals surface area contributed by atoms with Gasteiger partial charge in [0.1, 0.15) is 0 Å². The molecular weight excluding hydrogens is 298 g/mol. The molecule has 0 spiro atoms. The molecule has 0 aromatic heterocycles. The lowest BCUT2D eigenvalue weighted by molar-refractivity contribution is 0.866. The molecule has 0 aliphatic heterocycles. The molecule has 0 amide bonds. The van der Waals surface area contributed by atoms with Crippen molar-refractivity contribution in [1.82, 2.24) is 5.32 Å². The summed E-state index contributed by atoms with van der Waals surface area (Å²) in [5.74, 6) is 0.386. The molecule has 0 bridgehead atoms. The number of nitriles is 1. The Morgan fingerprint density at radius 3 is 2.76 bits per heavy atom. The van der Waals surface area contributed by atoms with Crippen molar-refractivity contribution in [1.29, 1.82) is 5.26 Å². The number of halogens is 1. The van der Waals surface area contributed by atoms with Crippen LogP contribution in [0.5, 0.6) is 0 Å². The summed E-state index contributed by atoms with van der Waals surface area (Å²) in [6, 6.07) is 5.97. The lowest BCUT2D eigenvalue weighted by Gasteiger charge is -2.10. The Hall–Kier alpha value is -0.990. The highest BCUT2D eigenvalue weighted by Crippen LogP contribution is 2.30. The first-order valence-corrected chi connectivity index (χ1v) is 7.17. The van der Waals surface area contributed by atoms with Crippen LogP contribution in [0, 0.1) is 11.5 Å². The Labute approximate surface area is 114 Å². The topological polar surface area (TPSA) is 48.2 Å². The molecule has 3 nitrogen and oxygen atoms in total. The number of hydrogen-bond acceptors (Lipinski definition) is 3. The molecule has 1 aromatic rings. The van der Waals surface area contributed by atoms with Gasteiger partial charge in [-0.25, -0.2) is 4.99 Å². The second-order valence-corrected chi connectivity index (χ2v) is 5.43. The SMILES string of the molecule is CSC(=Nc1ccc(Br)cc1C(C)C)NC#N. The number of thioether (sulfide) groups is 1. The Balaban J connectivity index is 3.17. The van der Waals surface area contributed by atoms with Crippen LogP contribution in [-0.4, -0.2) is 11.4 Å². The van der Waals surface area contributed by atoms with E-state index in [1.807, 2.05) is 24.6 Å². The van der Waals surface area contributed by atoms with Crippen molar-refractivity contribution in [2.45, 2.75) is 19.8 Å². The summed E-state index contributed by atoms with van der Waals surface area (Å²) in [5, 5.41) is 11.8. The summed E-state index contributed by atoms with van der Waals surface area (Å²) in [6.45, 7) is 4.24. The van der Waals surface area contributed by atoms with Crippen LogP contribution in [0.25, 0.3) is 0 Å². The average Bonchev–Trinajstić information content (AvgIpc) is 2.30. The molecule has 5 heteroatoms. The van der Waals surface area contributed by atoms with Crippen molar-refractivity contribution >= 4 is 38.5 Å². The minimum atomic E-state index is 0.386. The molecule has 1 aromatic carbocycles. The van der Waals surface area contributed by atoms with E-state index < -0.39 is 0 Å². The zero-order valence-corrected chi connectivity index (χ0v) is 12.4. The fourth-order valence-corrected chi connectivity index (χ4v) is 2.09. The smallest absolute Gasteiger partial charge is 0.183 e. The van der Waals surface area contributed by atoms with Crippen molar-refractivity contribution in [3.05, 3.63) is 28.2 Å². The van der Waals surface area contributed by atoms with E-state index in [2.05, 4.69) is 46.2 Å². The Bertz CT molecular complexity index is 463. The lowest BCUT2D eigenvalue weighted by atomic mass is 10.0. The highest BCUT2D eigenvalue weighted by atomic mass is 79.9. The number of benzene rings is 1. The maximum atomic E-state index is 8.61. The monoisotopic (exact) mass is 311 g/mol. The van der Waals surface area contributed by atoms with Crippen molar-refractivity contribution < 1.29 is 0 Å². The molecule has 90 valence electrons. The molecule has 0 aliphatic carbocycles. The molecule has 1 N–H and O–H groups in total. The van der Waals surface area contributed by atoms with Crippen LogP contribution in [-0.2, 0) is 0 Å². The number of rotatable bonds is 2. The molecule has 0 aliphatic rings. The molecule has 0 radical (unpaired) electrons. The van der Waals surface area contributed by atoms with Gasteiger partial charge in [-0.15, -0.1) is 0 Å². The predicted molar refractivity (Wildman–Crippen MR) is 77.6 cm³/mol. The fourth-order valence-electron chi connectivity index (χ4n) is 1.37. The summed E-state index contributed by atoms with van der Waals surface area (Å²) in [5.41, 5.74) is 2.06. The normalized spacial score (nSPS) is 11.4. The minimum Gasteiger partial charge on any atom is -0.271 e. The molecule has 0 fully saturated rings. The first-order valence-electron chi connectivity index (χ1n) is 5.15. The largest absolute Gasteiger partial charge is 0.271 e. The van der Waals surface area contributed by atoms with Crippen LogP contribution in [0.1, 0.15) is 25.3 Å². The van der Waals surface area contributed by atoms with Crippen LogP contribution >= 0.6 is 27.7 Å². The second kappa shape index (κ2) is 6.67. The van der Waals surface area contributed by atoms with Gasteiger partial charge in [0.05, 0.1) is 5.69 Å². The van der Waals surface area contributed by atoms with Crippen LogP contribution in [0.15, 0.2) is 27.7 Å². The van der Waals surface area contributed by atoms with E-state index in [1.54, 1.807) is 0 Å². The van der Waals surface area contributed by atoms with Gasteiger partial charge >= 0.3 is 0 Å². The van der Waals surface area contributed by atoms with Crippen LogP contribution in [0.3, 0.4) is 0 Å². The van der Waals surface area contributed by atoms with Gasteiger partial charge in [0.2, 0.25) is 0 Å². The quantitative estimate of drug-likeness (QED) is 0.389. The third-order valence-corrected chi connectivity index (χ3v) is 3.26. The van der Waals surface area contributed by atoms with Crippen LogP contribution in [0.4, 0.5) is 5.69 Å². The molecular formula is C12H14BrN3S. The van der Waals surface area contributed by atoms with Gasteiger partial charge in [-0.1, -0.05) is 41.5 Å². The third kappa shape index (κ3) is 4.06. The van der Waals surface area contributed by atoms with Gasteiger partial charge in [0.15, 0.2) is 11.4 Å².